The van der Waals surface area contributed by atoms with Gasteiger partial charge in [0, 0.05) is 18.2 Å². The molecule has 2 aromatic carbocycles. The van der Waals surface area contributed by atoms with Gasteiger partial charge in [-0.2, -0.15) is 0 Å². The van der Waals surface area contributed by atoms with Crippen LogP contribution in [0.15, 0.2) is 30.3 Å². The lowest BCUT2D eigenvalue weighted by atomic mass is 9.54. The Morgan fingerprint density at radius 1 is 0.969 bits per heavy atom. The molecule has 4 bridgehead atoms. The Morgan fingerprint density at radius 2 is 1.69 bits per heavy atom. The third-order valence-corrected chi connectivity index (χ3v) is 8.20. The van der Waals surface area contributed by atoms with Crippen molar-refractivity contribution in [1.82, 2.24) is 5.32 Å². The second kappa shape index (κ2) is 9.40. The average molecular weight is 478 g/mol. The summed E-state index contributed by atoms with van der Waals surface area (Å²) in [5, 5.41) is 4.64. The highest BCUT2D eigenvalue weighted by Gasteiger charge is 2.47. The molecule has 3 nitrogen and oxygen atoms in total. The highest BCUT2D eigenvalue weighted by molar-refractivity contribution is 6.32. The molecule has 4 aliphatic carbocycles. The largest absolute Gasteiger partial charge is 0.490 e. The lowest BCUT2D eigenvalue weighted by molar-refractivity contribution is -0.0142. The van der Waals surface area contributed by atoms with Crippen LogP contribution in [0.25, 0.3) is 0 Å². The molecule has 0 radical (unpaired) electrons. The summed E-state index contributed by atoms with van der Waals surface area (Å²) in [5.74, 6) is 4.17. The average Bonchev–Trinajstić information content (AvgIpc) is 2.74. The van der Waals surface area contributed by atoms with Gasteiger partial charge in [0.25, 0.3) is 0 Å². The summed E-state index contributed by atoms with van der Waals surface area (Å²) in [6.45, 7) is 3.15. The van der Waals surface area contributed by atoms with Crippen LogP contribution >= 0.6 is 23.2 Å². The second-order valence-electron chi connectivity index (χ2n) is 9.66. The predicted molar refractivity (Wildman–Crippen MR) is 126 cm³/mol. The molecule has 0 spiro atoms. The van der Waals surface area contributed by atoms with E-state index in [-0.39, 0.29) is 6.61 Å². The van der Waals surface area contributed by atoms with E-state index in [2.05, 4.69) is 5.32 Å². The monoisotopic (exact) mass is 477 g/mol. The number of hydrogen-bond acceptors (Lipinski definition) is 3. The fourth-order valence-electron chi connectivity index (χ4n) is 6.44. The molecular weight excluding hydrogens is 448 g/mol. The van der Waals surface area contributed by atoms with E-state index in [9.17, 15) is 4.39 Å². The zero-order valence-corrected chi connectivity index (χ0v) is 19.9. The van der Waals surface area contributed by atoms with Gasteiger partial charge in [-0.05, 0) is 92.5 Å². The minimum atomic E-state index is -0.400. The predicted octanol–water partition coefficient (Wildman–Crippen LogP) is 7.02. The van der Waals surface area contributed by atoms with Crippen LogP contribution in [0.5, 0.6) is 11.5 Å². The molecule has 0 amide bonds. The van der Waals surface area contributed by atoms with E-state index in [0.717, 1.165) is 35.8 Å². The fourth-order valence-corrected chi connectivity index (χ4v) is 6.94. The van der Waals surface area contributed by atoms with Crippen LogP contribution in [0.3, 0.4) is 0 Å². The van der Waals surface area contributed by atoms with E-state index in [1.54, 1.807) is 12.1 Å². The van der Waals surface area contributed by atoms with Crippen LogP contribution < -0.4 is 14.8 Å². The third kappa shape index (κ3) is 4.47. The van der Waals surface area contributed by atoms with Crippen molar-refractivity contribution in [2.75, 3.05) is 6.61 Å². The molecule has 4 fully saturated rings. The molecule has 0 heterocycles. The van der Waals surface area contributed by atoms with Crippen LogP contribution in [0.4, 0.5) is 4.39 Å². The Morgan fingerprint density at radius 3 is 2.34 bits per heavy atom. The number of ether oxygens (including phenoxy) is 2. The summed E-state index contributed by atoms with van der Waals surface area (Å²) in [6.07, 6.45) is 7.02. The third-order valence-electron chi connectivity index (χ3n) is 7.56. The maximum Gasteiger partial charge on any atom is 0.180 e. The molecule has 4 aliphatic rings. The molecule has 1 N–H and O–H groups in total. The van der Waals surface area contributed by atoms with E-state index in [1.807, 2.05) is 19.1 Å². The number of nitrogens with one attached hydrogen (secondary N) is 1. The molecule has 0 aromatic heterocycles. The van der Waals surface area contributed by atoms with E-state index in [0.29, 0.717) is 39.8 Å². The van der Waals surface area contributed by atoms with Gasteiger partial charge < -0.3 is 14.8 Å². The zero-order chi connectivity index (χ0) is 22.2. The van der Waals surface area contributed by atoms with Crippen molar-refractivity contribution in [2.45, 2.75) is 58.2 Å². The fraction of sp³-hybridized carbons (Fsp3) is 0.538. The van der Waals surface area contributed by atoms with E-state index >= 15 is 0 Å². The molecule has 32 heavy (non-hydrogen) atoms. The van der Waals surface area contributed by atoms with Crippen LogP contribution in [0, 0.1) is 29.5 Å². The highest BCUT2D eigenvalue weighted by Crippen LogP contribution is 2.53. The Labute approximate surface area is 199 Å². The first-order valence-corrected chi connectivity index (χ1v) is 12.5. The molecule has 0 unspecified atom stereocenters. The number of hydrogen-bond donors (Lipinski definition) is 1. The lowest BCUT2D eigenvalue weighted by Gasteiger charge is -2.54. The molecular formula is C26H30Cl2FNO2. The summed E-state index contributed by atoms with van der Waals surface area (Å²) in [7, 11) is 0. The van der Waals surface area contributed by atoms with Crippen molar-refractivity contribution in [2.24, 2.45) is 23.7 Å². The van der Waals surface area contributed by atoms with Crippen molar-refractivity contribution in [1.29, 1.82) is 0 Å². The Kier molecular flexibility index (Phi) is 6.55. The van der Waals surface area contributed by atoms with Gasteiger partial charge in [-0.3, -0.25) is 0 Å². The highest BCUT2D eigenvalue weighted by atomic mass is 35.5. The maximum atomic E-state index is 14.1. The number of rotatable bonds is 8. The SMILES string of the molecule is CCOc1cc(CNC2C3CC4CC(C3)CC2C4)cc(Cl)c1OCc1c(F)cccc1Cl. The molecule has 6 heteroatoms. The van der Waals surface area contributed by atoms with Gasteiger partial charge in [-0.15, -0.1) is 0 Å². The van der Waals surface area contributed by atoms with Crippen molar-refractivity contribution in [3.8, 4) is 11.5 Å². The smallest absolute Gasteiger partial charge is 0.180 e. The normalized spacial score (nSPS) is 28.2. The first-order valence-electron chi connectivity index (χ1n) is 11.8. The zero-order valence-electron chi connectivity index (χ0n) is 18.4. The van der Waals surface area contributed by atoms with Crippen molar-refractivity contribution < 1.29 is 13.9 Å². The van der Waals surface area contributed by atoms with E-state index in [4.69, 9.17) is 32.7 Å². The lowest BCUT2D eigenvalue weighted by Crippen LogP contribution is -2.54. The first kappa shape index (κ1) is 22.3. The van der Waals surface area contributed by atoms with Crippen molar-refractivity contribution in [3.63, 3.8) is 0 Å². The molecule has 0 saturated heterocycles. The summed E-state index contributed by atoms with van der Waals surface area (Å²) in [6, 6.07) is 9.10. The maximum absolute atomic E-state index is 14.1. The van der Waals surface area contributed by atoms with Gasteiger partial charge >= 0.3 is 0 Å². The molecule has 172 valence electrons. The van der Waals surface area contributed by atoms with Gasteiger partial charge in [-0.1, -0.05) is 29.3 Å². The Balaban J connectivity index is 1.29. The molecule has 6 rings (SSSR count). The Hall–Kier alpha value is -1.49. The summed E-state index contributed by atoms with van der Waals surface area (Å²) in [5.41, 5.74) is 1.38. The summed E-state index contributed by atoms with van der Waals surface area (Å²) in [4.78, 5) is 0. The van der Waals surface area contributed by atoms with Gasteiger partial charge in [0.1, 0.15) is 12.4 Å². The van der Waals surface area contributed by atoms with Crippen LogP contribution in [0.1, 0.15) is 50.2 Å². The van der Waals surface area contributed by atoms with Crippen LogP contribution in [-0.4, -0.2) is 12.6 Å². The van der Waals surface area contributed by atoms with Crippen LogP contribution in [0.2, 0.25) is 10.0 Å². The topological polar surface area (TPSA) is 30.5 Å². The number of benzene rings is 2. The van der Waals surface area contributed by atoms with Gasteiger partial charge in [-0.25, -0.2) is 4.39 Å². The number of halogens is 3. The van der Waals surface area contributed by atoms with Crippen molar-refractivity contribution >= 4 is 23.2 Å². The first-order chi connectivity index (χ1) is 15.5. The summed E-state index contributed by atoms with van der Waals surface area (Å²) >= 11 is 12.7. The van der Waals surface area contributed by atoms with Crippen molar-refractivity contribution in [3.05, 3.63) is 57.3 Å². The molecule has 4 saturated carbocycles. The van der Waals surface area contributed by atoms with E-state index < -0.39 is 5.82 Å². The van der Waals surface area contributed by atoms with E-state index in [1.165, 1.54) is 38.2 Å². The second-order valence-corrected chi connectivity index (χ2v) is 10.5. The summed E-state index contributed by atoms with van der Waals surface area (Å²) < 4.78 is 25.9. The molecule has 0 atom stereocenters. The quantitative estimate of drug-likeness (QED) is 0.442. The van der Waals surface area contributed by atoms with Gasteiger partial charge in [0.2, 0.25) is 0 Å². The molecule has 2 aromatic rings. The molecule has 0 aliphatic heterocycles. The van der Waals surface area contributed by atoms with Gasteiger partial charge in [0.05, 0.1) is 16.7 Å². The standard InChI is InChI=1S/C26H30Cl2FNO2/c1-2-31-24-12-17(13-30-25-18-7-15-6-16(9-18)10-19(25)8-15)11-22(28)26(24)32-14-20-21(27)4-3-5-23(20)29/h3-5,11-12,15-16,18-19,25,30H,2,6-10,13-14H2,1H3. The van der Waals surface area contributed by atoms with Crippen LogP contribution in [-0.2, 0) is 13.2 Å². The Bertz CT molecular complexity index is 934. The minimum absolute atomic E-state index is 0.0172. The minimum Gasteiger partial charge on any atom is -0.490 e. The van der Waals surface area contributed by atoms with Gasteiger partial charge in [0.15, 0.2) is 11.5 Å².